The van der Waals surface area contributed by atoms with Gasteiger partial charge in [0.2, 0.25) is 5.95 Å². The summed E-state index contributed by atoms with van der Waals surface area (Å²) in [7, 11) is 1.91. The summed E-state index contributed by atoms with van der Waals surface area (Å²) < 4.78 is 0. The van der Waals surface area contributed by atoms with Crippen LogP contribution in [0.3, 0.4) is 0 Å². The molecule has 1 heterocycles. The van der Waals surface area contributed by atoms with Crippen LogP contribution in [0, 0.1) is 0 Å². The van der Waals surface area contributed by atoms with Crippen LogP contribution in [0.4, 0.5) is 17.3 Å². The Labute approximate surface area is 119 Å². The molecule has 0 aliphatic heterocycles. The van der Waals surface area contributed by atoms with Gasteiger partial charge in [-0.25, -0.2) is 9.97 Å². The van der Waals surface area contributed by atoms with Gasteiger partial charge in [-0.3, -0.25) is 0 Å². The molecule has 0 aliphatic carbocycles. The van der Waals surface area contributed by atoms with Crippen LogP contribution in [-0.4, -0.2) is 22.6 Å². The van der Waals surface area contributed by atoms with Crippen molar-refractivity contribution in [3.05, 3.63) is 30.6 Å². The van der Waals surface area contributed by atoms with E-state index in [1.165, 1.54) is 0 Å². The maximum atomic E-state index is 5.51. The number of nitrogens with one attached hydrogen (secondary N) is 2. The second-order valence-electron chi connectivity index (χ2n) is 5.72. The zero-order valence-corrected chi connectivity index (χ0v) is 12.4. The van der Waals surface area contributed by atoms with Gasteiger partial charge in [-0.2, -0.15) is 0 Å². The lowest BCUT2D eigenvalue weighted by Crippen LogP contribution is -2.26. The molecule has 106 valence electrons. The minimum atomic E-state index is 0.0113. The van der Waals surface area contributed by atoms with Crippen molar-refractivity contribution in [3.63, 3.8) is 0 Å². The summed E-state index contributed by atoms with van der Waals surface area (Å²) in [6, 6.07) is 6.18. The van der Waals surface area contributed by atoms with E-state index in [4.69, 9.17) is 5.73 Å². The summed E-state index contributed by atoms with van der Waals surface area (Å²) in [6.07, 6.45) is 3.46. The molecule has 2 aromatic rings. The SMILES string of the molecule is CNc1cc(-c2cnc(N)nc2)ccc1NC(C)(C)C. The summed E-state index contributed by atoms with van der Waals surface area (Å²) in [5.41, 5.74) is 9.62. The summed E-state index contributed by atoms with van der Waals surface area (Å²) in [6.45, 7) is 6.40. The van der Waals surface area contributed by atoms with Crippen LogP contribution in [-0.2, 0) is 0 Å². The van der Waals surface area contributed by atoms with Crippen molar-refractivity contribution in [2.24, 2.45) is 0 Å². The average molecular weight is 271 g/mol. The second-order valence-corrected chi connectivity index (χ2v) is 5.72. The molecule has 1 aromatic carbocycles. The van der Waals surface area contributed by atoms with Gasteiger partial charge in [-0.05, 0) is 38.5 Å². The fraction of sp³-hybridized carbons (Fsp3) is 0.333. The first kappa shape index (κ1) is 14.1. The smallest absolute Gasteiger partial charge is 0.219 e. The highest BCUT2D eigenvalue weighted by Crippen LogP contribution is 2.30. The predicted molar refractivity (Wildman–Crippen MR) is 84.8 cm³/mol. The number of anilines is 3. The number of rotatable bonds is 3. The van der Waals surface area contributed by atoms with Crippen LogP contribution in [0.25, 0.3) is 11.1 Å². The molecule has 1 aromatic heterocycles. The average Bonchev–Trinajstić information content (AvgIpc) is 2.38. The topological polar surface area (TPSA) is 75.9 Å². The fourth-order valence-corrected chi connectivity index (χ4v) is 1.93. The van der Waals surface area contributed by atoms with Gasteiger partial charge in [0, 0.05) is 30.5 Å². The molecule has 0 atom stereocenters. The number of nitrogens with zero attached hydrogens (tertiary/aromatic N) is 2. The quantitative estimate of drug-likeness (QED) is 0.800. The molecule has 2 rings (SSSR count). The van der Waals surface area contributed by atoms with Crippen LogP contribution >= 0.6 is 0 Å². The Morgan fingerprint density at radius 2 is 1.65 bits per heavy atom. The van der Waals surface area contributed by atoms with E-state index >= 15 is 0 Å². The third kappa shape index (κ3) is 3.38. The molecule has 5 heteroatoms. The molecule has 0 fully saturated rings. The zero-order chi connectivity index (χ0) is 14.8. The summed E-state index contributed by atoms with van der Waals surface area (Å²) >= 11 is 0. The monoisotopic (exact) mass is 271 g/mol. The van der Waals surface area contributed by atoms with Crippen molar-refractivity contribution in [2.45, 2.75) is 26.3 Å². The summed E-state index contributed by atoms with van der Waals surface area (Å²) in [5, 5.41) is 6.69. The standard InChI is InChI=1S/C15H21N5/c1-15(2,3)20-12-6-5-10(7-13(12)17-4)11-8-18-14(16)19-9-11/h5-9,17,20H,1-4H3,(H2,16,18,19). The van der Waals surface area contributed by atoms with E-state index < -0.39 is 0 Å². The van der Waals surface area contributed by atoms with E-state index in [1.54, 1.807) is 12.4 Å². The van der Waals surface area contributed by atoms with E-state index in [2.05, 4.69) is 53.5 Å². The maximum Gasteiger partial charge on any atom is 0.219 e. The van der Waals surface area contributed by atoms with E-state index in [9.17, 15) is 0 Å². The highest BCUT2D eigenvalue weighted by Gasteiger charge is 2.12. The number of hydrogen-bond acceptors (Lipinski definition) is 5. The van der Waals surface area contributed by atoms with Gasteiger partial charge < -0.3 is 16.4 Å². The Balaban J connectivity index is 2.36. The normalized spacial score (nSPS) is 11.2. The summed E-state index contributed by atoms with van der Waals surface area (Å²) in [5.74, 6) is 0.286. The number of benzene rings is 1. The first-order chi connectivity index (χ1) is 9.39. The van der Waals surface area contributed by atoms with Gasteiger partial charge in [0.05, 0.1) is 11.4 Å². The molecular weight excluding hydrogens is 250 g/mol. The van der Waals surface area contributed by atoms with Crippen molar-refractivity contribution in [1.29, 1.82) is 0 Å². The van der Waals surface area contributed by atoms with Gasteiger partial charge in [0.1, 0.15) is 0 Å². The van der Waals surface area contributed by atoms with Crippen molar-refractivity contribution in [3.8, 4) is 11.1 Å². The fourth-order valence-electron chi connectivity index (χ4n) is 1.93. The molecule has 0 saturated heterocycles. The highest BCUT2D eigenvalue weighted by molar-refractivity contribution is 5.77. The maximum absolute atomic E-state index is 5.51. The third-order valence-electron chi connectivity index (χ3n) is 2.80. The first-order valence-electron chi connectivity index (χ1n) is 6.57. The lowest BCUT2D eigenvalue weighted by atomic mass is 10.0. The first-order valence-corrected chi connectivity index (χ1v) is 6.57. The lowest BCUT2D eigenvalue weighted by molar-refractivity contribution is 0.634. The van der Waals surface area contributed by atoms with Crippen molar-refractivity contribution in [2.75, 3.05) is 23.4 Å². The van der Waals surface area contributed by atoms with E-state index in [-0.39, 0.29) is 11.5 Å². The van der Waals surface area contributed by atoms with Gasteiger partial charge in [0.15, 0.2) is 0 Å². The minimum Gasteiger partial charge on any atom is -0.386 e. The molecule has 0 spiro atoms. The number of nitrogen functional groups attached to an aromatic ring is 1. The molecule has 0 bridgehead atoms. The van der Waals surface area contributed by atoms with Crippen molar-refractivity contribution in [1.82, 2.24) is 9.97 Å². The lowest BCUT2D eigenvalue weighted by Gasteiger charge is -2.24. The molecule has 0 aliphatic rings. The van der Waals surface area contributed by atoms with Crippen LogP contribution in [0.5, 0.6) is 0 Å². The van der Waals surface area contributed by atoms with E-state index in [0.29, 0.717) is 0 Å². The van der Waals surface area contributed by atoms with Crippen LogP contribution in [0.1, 0.15) is 20.8 Å². The predicted octanol–water partition coefficient (Wildman–Crippen LogP) is 2.98. The molecule has 0 amide bonds. The van der Waals surface area contributed by atoms with Gasteiger partial charge in [-0.15, -0.1) is 0 Å². The third-order valence-corrected chi connectivity index (χ3v) is 2.80. The largest absolute Gasteiger partial charge is 0.386 e. The number of nitrogens with two attached hydrogens (primary N) is 1. The van der Waals surface area contributed by atoms with Gasteiger partial charge >= 0.3 is 0 Å². The van der Waals surface area contributed by atoms with Crippen LogP contribution in [0.15, 0.2) is 30.6 Å². The van der Waals surface area contributed by atoms with Gasteiger partial charge in [-0.1, -0.05) is 6.07 Å². The zero-order valence-electron chi connectivity index (χ0n) is 12.4. The Morgan fingerprint density at radius 1 is 1.00 bits per heavy atom. The van der Waals surface area contributed by atoms with E-state index in [1.807, 2.05) is 13.1 Å². The molecule has 5 nitrogen and oxygen atoms in total. The second kappa shape index (κ2) is 5.36. The molecule has 4 N–H and O–H groups in total. The number of aromatic nitrogens is 2. The minimum absolute atomic E-state index is 0.0113. The molecule has 0 unspecified atom stereocenters. The van der Waals surface area contributed by atoms with Crippen LogP contribution in [0.2, 0.25) is 0 Å². The van der Waals surface area contributed by atoms with E-state index in [0.717, 1.165) is 22.5 Å². The Morgan fingerprint density at radius 3 is 2.20 bits per heavy atom. The molecule has 20 heavy (non-hydrogen) atoms. The highest BCUT2D eigenvalue weighted by atomic mass is 15.0. The van der Waals surface area contributed by atoms with Crippen LogP contribution < -0.4 is 16.4 Å². The Kier molecular flexibility index (Phi) is 3.79. The number of hydrogen-bond donors (Lipinski definition) is 3. The van der Waals surface area contributed by atoms with Crippen molar-refractivity contribution >= 4 is 17.3 Å². The molecule has 0 radical (unpaired) electrons. The molecular formula is C15H21N5. The summed E-state index contributed by atoms with van der Waals surface area (Å²) in [4.78, 5) is 8.05. The van der Waals surface area contributed by atoms with Gasteiger partial charge in [0.25, 0.3) is 0 Å². The Hall–Kier alpha value is -2.30. The van der Waals surface area contributed by atoms with Crippen molar-refractivity contribution < 1.29 is 0 Å². The Bertz CT molecular complexity index is 584. The molecule has 0 saturated carbocycles.